The third kappa shape index (κ3) is 5.31. The first-order valence-electron chi connectivity index (χ1n) is 10.9. The van der Waals surface area contributed by atoms with Crippen LogP contribution in [-0.4, -0.2) is 24.5 Å². The molecular formula is C25H25ClN2O4S. The summed E-state index contributed by atoms with van der Waals surface area (Å²) in [5.74, 6) is 0.512. The molecule has 0 radical (unpaired) electrons. The molecule has 1 aliphatic carbocycles. The third-order valence-corrected chi connectivity index (χ3v) is 6.74. The standard InChI is InChI=1S/C25H25ClN2O4S/c1-3-31-20-12-5-4-11-19(20)27-24(30)22-18-10-7-13-21(18)33-25(22)28-23(29)15(2)32-17-9-6-8-16(26)14-17/h4-6,8-9,11-12,14-15H,3,7,10,13H2,1-2H3,(H,27,30)(H,28,29). The third-order valence-electron chi connectivity index (χ3n) is 5.30. The van der Waals surface area contributed by atoms with Crippen LogP contribution in [0.25, 0.3) is 0 Å². The molecule has 2 N–H and O–H groups in total. The minimum absolute atomic E-state index is 0.264. The Bertz CT molecular complexity index is 1180. The lowest BCUT2D eigenvalue weighted by Crippen LogP contribution is -2.30. The molecule has 4 rings (SSSR count). The fourth-order valence-corrected chi connectivity index (χ4v) is 5.25. The highest BCUT2D eigenvalue weighted by Gasteiger charge is 2.29. The van der Waals surface area contributed by atoms with Crippen LogP contribution in [0.3, 0.4) is 0 Å². The Labute approximate surface area is 201 Å². The zero-order valence-electron chi connectivity index (χ0n) is 18.4. The van der Waals surface area contributed by atoms with E-state index in [-0.39, 0.29) is 11.8 Å². The summed E-state index contributed by atoms with van der Waals surface area (Å²) in [6, 6.07) is 14.2. The molecule has 0 saturated heterocycles. The number of hydrogen-bond donors (Lipinski definition) is 2. The van der Waals surface area contributed by atoms with Crippen LogP contribution in [0.15, 0.2) is 48.5 Å². The molecular weight excluding hydrogens is 460 g/mol. The number of fused-ring (bicyclic) bond motifs is 1. The van der Waals surface area contributed by atoms with Crippen molar-refractivity contribution in [1.29, 1.82) is 0 Å². The summed E-state index contributed by atoms with van der Waals surface area (Å²) in [5.41, 5.74) is 2.12. The minimum atomic E-state index is -0.769. The smallest absolute Gasteiger partial charge is 0.265 e. The van der Waals surface area contributed by atoms with Gasteiger partial charge in [-0.1, -0.05) is 29.8 Å². The van der Waals surface area contributed by atoms with E-state index in [2.05, 4.69) is 10.6 Å². The molecule has 0 bridgehead atoms. The zero-order valence-corrected chi connectivity index (χ0v) is 20.0. The van der Waals surface area contributed by atoms with E-state index < -0.39 is 6.10 Å². The number of carbonyl (C=O) groups excluding carboxylic acids is 2. The number of thiophene rings is 1. The van der Waals surface area contributed by atoms with Gasteiger partial charge in [0.15, 0.2) is 6.10 Å². The molecule has 1 heterocycles. The van der Waals surface area contributed by atoms with Crippen molar-refractivity contribution in [1.82, 2.24) is 0 Å². The predicted molar refractivity (Wildman–Crippen MR) is 132 cm³/mol. The maximum atomic E-state index is 13.3. The lowest BCUT2D eigenvalue weighted by atomic mass is 10.1. The molecule has 0 aliphatic heterocycles. The number of hydrogen-bond acceptors (Lipinski definition) is 5. The first-order valence-corrected chi connectivity index (χ1v) is 12.1. The number of benzene rings is 2. The maximum absolute atomic E-state index is 13.3. The number of anilines is 2. The van der Waals surface area contributed by atoms with Crippen molar-refractivity contribution in [3.63, 3.8) is 0 Å². The van der Waals surface area contributed by atoms with E-state index in [0.717, 1.165) is 29.7 Å². The lowest BCUT2D eigenvalue weighted by molar-refractivity contribution is -0.122. The summed E-state index contributed by atoms with van der Waals surface area (Å²) >= 11 is 7.46. The van der Waals surface area contributed by atoms with Crippen LogP contribution in [0.2, 0.25) is 5.02 Å². The van der Waals surface area contributed by atoms with Gasteiger partial charge >= 0.3 is 0 Å². The van der Waals surface area contributed by atoms with Crippen LogP contribution in [0.5, 0.6) is 11.5 Å². The van der Waals surface area contributed by atoms with E-state index in [4.69, 9.17) is 21.1 Å². The van der Waals surface area contributed by atoms with Crippen molar-refractivity contribution in [2.75, 3.05) is 17.2 Å². The molecule has 172 valence electrons. The molecule has 0 spiro atoms. The number of halogens is 1. The van der Waals surface area contributed by atoms with E-state index in [0.29, 0.717) is 39.4 Å². The quantitative estimate of drug-likeness (QED) is 0.414. The van der Waals surface area contributed by atoms with Gasteiger partial charge in [-0.15, -0.1) is 11.3 Å². The average Bonchev–Trinajstić information content (AvgIpc) is 3.36. The number of carbonyl (C=O) groups is 2. The average molecular weight is 485 g/mol. The van der Waals surface area contributed by atoms with Crippen LogP contribution >= 0.6 is 22.9 Å². The van der Waals surface area contributed by atoms with Crippen molar-refractivity contribution in [2.45, 2.75) is 39.2 Å². The van der Waals surface area contributed by atoms with Crippen molar-refractivity contribution in [2.24, 2.45) is 0 Å². The SMILES string of the molecule is CCOc1ccccc1NC(=O)c1c(NC(=O)C(C)Oc2cccc(Cl)c2)sc2c1CCC2. The topological polar surface area (TPSA) is 76.7 Å². The van der Waals surface area contributed by atoms with Gasteiger partial charge in [0.05, 0.1) is 17.9 Å². The summed E-state index contributed by atoms with van der Waals surface area (Å²) in [4.78, 5) is 27.4. The van der Waals surface area contributed by atoms with Gasteiger partial charge in [-0.25, -0.2) is 0 Å². The van der Waals surface area contributed by atoms with Crippen LogP contribution in [0.4, 0.5) is 10.7 Å². The molecule has 33 heavy (non-hydrogen) atoms. The maximum Gasteiger partial charge on any atom is 0.265 e. The summed E-state index contributed by atoms with van der Waals surface area (Å²) in [6.07, 6.45) is 1.95. The highest BCUT2D eigenvalue weighted by atomic mass is 35.5. The number of aryl methyl sites for hydroxylation is 1. The Balaban J connectivity index is 1.54. The molecule has 0 fully saturated rings. The largest absolute Gasteiger partial charge is 0.492 e. The number of nitrogens with one attached hydrogen (secondary N) is 2. The number of amides is 2. The van der Waals surface area contributed by atoms with Crippen molar-refractivity contribution >= 4 is 45.4 Å². The second-order valence-corrected chi connectivity index (χ2v) is 9.19. The summed E-state index contributed by atoms with van der Waals surface area (Å²) in [6.45, 7) is 4.05. The van der Waals surface area contributed by atoms with E-state index in [9.17, 15) is 9.59 Å². The molecule has 1 atom stereocenters. The summed E-state index contributed by atoms with van der Waals surface area (Å²) in [5, 5.41) is 6.94. The Kier molecular flexibility index (Phi) is 7.20. The number of ether oxygens (including phenoxy) is 2. The Morgan fingerprint density at radius 3 is 2.73 bits per heavy atom. The van der Waals surface area contributed by atoms with E-state index in [1.54, 1.807) is 37.3 Å². The van der Waals surface area contributed by atoms with Gasteiger partial charge in [-0.2, -0.15) is 0 Å². The van der Waals surface area contributed by atoms with E-state index in [1.165, 1.54) is 11.3 Å². The Morgan fingerprint density at radius 2 is 1.94 bits per heavy atom. The Hall–Kier alpha value is -3.03. The molecule has 6 nitrogen and oxygen atoms in total. The van der Waals surface area contributed by atoms with E-state index >= 15 is 0 Å². The highest BCUT2D eigenvalue weighted by molar-refractivity contribution is 7.17. The molecule has 1 aromatic heterocycles. The van der Waals surface area contributed by atoms with E-state index in [1.807, 2.05) is 25.1 Å². The zero-order chi connectivity index (χ0) is 23.4. The fraction of sp³-hybridized carbons (Fsp3) is 0.280. The van der Waals surface area contributed by atoms with Gasteiger partial charge in [0.2, 0.25) is 0 Å². The number of para-hydroxylation sites is 2. The van der Waals surface area contributed by atoms with Crippen LogP contribution in [0, 0.1) is 0 Å². The summed E-state index contributed by atoms with van der Waals surface area (Å²) in [7, 11) is 0. The summed E-state index contributed by atoms with van der Waals surface area (Å²) < 4.78 is 11.4. The minimum Gasteiger partial charge on any atom is -0.492 e. The molecule has 2 amide bonds. The van der Waals surface area contributed by atoms with Crippen molar-refractivity contribution < 1.29 is 19.1 Å². The molecule has 1 unspecified atom stereocenters. The molecule has 0 saturated carbocycles. The monoisotopic (exact) mass is 484 g/mol. The van der Waals surface area contributed by atoms with Crippen LogP contribution in [-0.2, 0) is 17.6 Å². The van der Waals surface area contributed by atoms with Gasteiger partial charge in [0.25, 0.3) is 11.8 Å². The normalized spacial score (nSPS) is 13.2. The second kappa shape index (κ2) is 10.3. The van der Waals surface area contributed by atoms with Gasteiger partial charge in [0, 0.05) is 9.90 Å². The number of rotatable bonds is 8. The van der Waals surface area contributed by atoms with Gasteiger partial charge < -0.3 is 20.1 Å². The first kappa shape index (κ1) is 23.1. The molecule has 1 aliphatic rings. The fourth-order valence-electron chi connectivity index (χ4n) is 3.78. The van der Waals surface area contributed by atoms with Crippen LogP contribution < -0.4 is 20.1 Å². The Morgan fingerprint density at radius 1 is 1.12 bits per heavy atom. The van der Waals surface area contributed by atoms with Crippen LogP contribution in [0.1, 0.15) is 41.1 Å². The molecule has 2 aromatic carbocycles. The van der Waals surface area contributed by atoms with Gasteiger partial charge in [-0.3, -0.25) is 9.59 Å². The first-order chi connectivity index (χ1) is 16.0. The molecule has 3 aromatic rings. The predicted octanol–water partition coefficient (Wildman–Crippen LogP) is 5.95. The second-order valence-electron chi connectivity index (χ2n) is 7.65. The van der Waals surface area contributed by atoms with Crippen molar-refractivity contribution in [3.8, 4) is 11.5 Å². The highest BCUT2D eigenvalue weighted by Crippen LogP contribution is 2.40. The van der Waals surface area contributed by atoms with Gasteiger partial charge in [0.1, 0.15) is 16.5 Å². The van der Waals surface area contributed by atoms with Gasteiger partial charge in [-0.05, 0) is 69.0 Å². The molecule has 8 heteroatoms. The lowest BCUT2D eigenvalue weighted by Gasteiger charge is -2.16. The van der Waals surface area contributed by atoms with Crippen molar-refractivity contribution in [3.05, 3.63) is 69.6 Å².